The number of amides is 2. The van der Waals surface area contributed by atoms with Crippen molar-refractivity contribution in [3.63, 3.8) is 0 Å². The highest BCUT2D eigenvalue weighted by atomic mass is 16.2. The van der Waals surface area contributed by atoms with Crippen molar-refractivity contribution in [3.8, 4) is 11.3 Å². The molecule has 3 aromatic rings. The molecule has 0 bridgehead atoms. The molecule has 0 saturated carbocycles. The Morgan fingerprint density at radius 2 is 1.75 bits per heavy atom. The zero-order chi connectivity index (χ0) is 25.2. The minimum Gasteiger partial charge on any atom is -0.330 e. The van der Waals surface area contributed by atoms with Gasteiger partial charge in [-0.25, -0.2) is 0 Å². The van der Waals surface area contributed by atoms with E-state index in [0.717, 1.165) is 16.8 Å². The van der Waals surface area contributed by atoms with Gasteiger partial charge in [-0.1, -0.05) is 44.2 Å². The van der Waals surface area contributed by atoms with Gasteiger partial charge in [0.1, 0.15) is 11.7 Å². The first kappa shape index (κ1) is 23.9. The average molecular weight is 483 g/mol. The molecule has 2 fully saturated rings. The minimum absolute atomic E-state index is 0.0124. The first-order chi connectivity index (χ1) is 17.4. The predicted octanol–water partition coefficient (Wildman–Crippen LogP) is 3.97. The smallest absolute Gasteiger partial charge is 0.273 e. The van der Waals surface area contributed by atoms with Gasteiger partial charge in [-0.3, -0.25) is 24.4 Å². The molecule has 0 radical (unpaired) electrons. The number of aromatic nitrogens is 2. The van der Waals surface area contributed by atoms with Crippen molar-refractivity contribution in [3.05, 3.63) is 84.3 Å². The summed E-state index contributed by atoms with van der Waals surface area (Å²) >= 11 is 0. The van der Waals surface area contributed by atoms with Crippen LogP contribution < -0.4 is 0 Å². The van der Waals surface area contributed by atoms with E-state index in [9.17, 15) is 14.4 Å². The van der Waals surface area contributed by atoms with Gasteiger partial charge in [0.25, 0.3) is 5.91 Å². The van der Waals surface area contributed by atoms with Gasteiger partial charge in [-0.15, -0.1) is 0 Å². The van der Waals surface area contributed by atoms with E-state index in [2.05, 4.69) is 23.8 Å². The number of ketones is 1. The summed E-state index contributed by atoms with van der Waals surface area (Å²) in [6.07, 6.45) is 4.59. The molecule has 4 heterocycles. The van der Waals surface area contributed by atoms with Crippen LogP contribution in [0, 0.1) is 5.92 Å². The highest BCUT2D eigenvalue weighted by Crippen LogP contribution is 2.36. The lowest BCUT2D eigenvalue weighted by Crippen LogP contribution is -2.45. The molecular weight excluding hydrogens is 452 g/mol. The number of carbonyl (C=O) groups excluding carboxylic acids is 3. The van der Waals surface area contributed by atoms with E-state index < -0.39 is 6.04 Å². The molecule has 1 aromatic carbocycles. The second kappa shape index (κ2) is 10.0. The highest BCUT2D eigenvalue weighted by molar-refractivity contribution is 6.02. The van der Waals surface area contributed by atoms with Crippen LogP contribution in [0.2, 0.25) is 0 Å². The van der Waals surface area contributed by atoms with Gasteiger partial charge in [-0.05, 0) is 54.7 Å². The van der Waals surface area contributed by atoms with Crippen molar-refractivity contribution in [1.82, 2.24) is 19.8 Å². The highest BCUT2D eigenvalue weighted by Gasteiger charge is 2.52. The Morgan fingerprint density at radius 3 is 2.44 bits per heavy atom. The van der Waals surface area contributed by atoms with Crippen molar-refractivity contribution in [2.75, 3.05) is 13.1 Å². The average Bonchev–Trinajstić information content (AvgIpc) is 3.49. The quantitative estimate of drug-likeness (QED) is 0.531. The van der Waals surface area contributed by atoms with Crippen molar-refractivity contribution in [2.24, 2.45) is 5.92 Å². The summed E-state index contributed by atoms with van der Waals surface area (Å²) in [6, 6.07) is 18.0. The summed E-state index contributed by atoms with van der Waals surface area (Å²) < 4.78 is 0. The van der Waals surface area contributed by atoms with Gasteiger partial charge in [0.2, 0.25) is 5.91 Å². The van der Waals surface area contributed by atoms with Gasteiger partial charge in [0.15, 0.2) is 5.78 Å². The fourth-order valence-electron chi connectivity index (χ4n) is 5.47. The number of likely N-dealkylation sites (tertiary alicyclic amines) is 2. The largest absolute Gasteiger partial charge is 0.330 e. The lowest BCUT2D eigenvalue weighted by Gasteiger charge is -2.29. The maximum Gasteiger partial charge on any atom is 0.273 e. The van der Waals surface area contributed by atoms with Crippen molar-refractivity contribution < 1.29 is 14.4 Å². The number of carbonyl (C=O) groups is 3. The van der Waals surface area contributed by atoms with Crippen LogP contribution in [0.4, 0.5) is 0 Å². The molecule has 7 nitrogen and oxygen atoms in total. The van der Waals surface area contributed by atoms with Crippen LogP contribution in [-0.2, 0) is 9.59 Å². The summed E-state index contributed by atoms with van der Waals surface area (Å²) in [6.45, 7) is 4.67. The van der Waals surface area contributed by atoms with Crippen molar-refractivity contribution >= 4 is 17.6 Å². The number of fused-ring (bicyclic) bond motifs is 1. The molecule has 3 unspecified atom stereocenters. The molecule has 7 heteroatoms. The Morgan fingerprint density at radius 1 is 0.972 bits per heavy atom. The Kier molecular flexibility index (Phi) is 6.63. The number of Topliss-reactive ketones (excluding diaryl/α,β-unsaturated/α-hetero) is 1. The van der Waals surface area contributed by atoms with Crippen LogP contribution in [0.25, 0.3) is 11.3 Å². The van der Waals surface area contributed by atoms with Crippen molar-refractivity contribution in [2.45, 2.75) is 44.7 Å². The number of rotatable bonds is 6. The van der Waals surface area contributed by atoms with Gasteiger partial charge >= 0.3 is 0 Å². The zero-order valence-corrected chi connectivity index (χ0v) is 20.6. The summed E-state index contributed by atoms with van der Waals surface area (Å²) in [4.78, 5) is 52.1. The van der Waals surface area contributed by atoms with E-state index in [4.69, 9.17) is 0 Å². The Hall–Kier alpha value is -3.87. The van der Waals surface area contributed by atoms with Gasteiger partial charge in [-0.2, -0.15) is 0 Å². The third kappa shape index (κ3) is 4.53. The van der Waals surface area contributed by atoms with Crippen molar-refractivity contribution in [1.29, 1.82) is 0 Å². The molecule has 0 spiro atoms. The van der Waals surface area contributed by atoms with E-state index in [1.54, 1.807) is 40.4 Å². The van der Waals surface area contributed by atoms with Gasteiger partial charge < -0.3 is 9.80 Å². The molecule has 2 aliphatic heterocycles. The van der Waals surface area contributed by atoms with Crippen LogP contribution >= 0.6 is 0 Å². The van der Waals surface area contributed by atoms with E-state index in [-0.39, 0.29) is 42.0 Å². The SMILES string of the molecule is CC(C)CC(C(=O)N1CCC2C1C(=O)CN2C(=O)c1ccccn1)c1cccc(-c2ccccn2)c1. The monoisotopic (exact) mass is 482 g/mol. The van der Waals surface area contributed by atoms with Crippen LogP contribution in [-0.4, -0.2) is 62.5 Å². The fraction of sp³-hybridized carbons (Fsp3) is 0.345. The van der Waals surface area contributed by atoms with Crippen LogP contribution in [0.1, 0.15) is 48.7 Å². The zero-order valence-electron chi connectivity index (χ0n) is 20.6. The third-order valence-electron chi connectivity index (χ3n) is 7.11. The lowest BCUT2D eigenvalue weighted by atomic mass is 9.87. The standard InChI is InChI=1S/C29H30N4O3/c1-19(2)16-22(20-8-7-9-21(17-20)23-10-3-5-13-30-23)28(35)32-15-12-25-27(32)26(34)18-33(25)29(36)24-11-4-6-14-31-24/h3-11,13-14,17,19,22,25,27H,12,15-16,18H2,1-2H3. The van der Waals surface area contributed by atoms with E-state index >= 15 is 0 Å². The fourth-order valence-corrected chi connectivity index (χ4v) is 5.47. The Labute approximate surface area is 211 Å². The molecule has 2 aliphatic rings. The number of pyridine rings is 2. The van der Waals surface area contributed by atoms with E-state index in [1.165, 1.54) is 0 Å². The van der Waals surface area contributed by atoms with E-state index in [1.807, 2.05) is 42.5 Å². The summed E-state index contributed by atoms with van der Waals surface area (Å²) in [5.41, 5.74) is 3.05. The molecule has 0 N–H and O–H groups in total. The molecule has 5 rings (SSSR count). The van der Waals surface area contributed by atoms with Crippen LogP contribution in [0.3, 0.4) is 0 Å². The first-order valence-corrected chi connectivity index (χ1v) is 12.5. The molecule has 2 amide bonds. The number of hydrogen-bond donors (Lipinski definition) is 0. The van der Waals surface area contributed by atoms with Gasteiger partial charge in [0.05, 0.1) is 24.2 Å². The summed E-state index contributed by atoms with van der Waals surface area (Å²) in [5, 5.41) is 0. The maximum absolute atomic E-state index is 14.0. The van der Waals surface area contributed by atoms with Crippen LogP contribution in [0.15, 0.2) is 73.1 Å². The molecule has 2 saturated heterocycles. The normalized spacial score (nSPS) is 20.0. The second-order valence-electron chi connectivity index (χ2n) is 9.97. The minimum atomic E-state index is -0.598. The Bertz CT molecular complexity index is 1260. The number of benzene rings is 1. The summed E-state index contributed by atoms with van der Waals surface area (Å²) in [7, 11) is 0. The summed E-state index contributed by atoms with van der Waals surface area (Å²) in [5.74, 6) is -0.471. The predicted molar refractivity (Wildman–Crippen MR) is 136 cm³/mol. The van der Waals surface area contributed by atoms with Gasteiger partial charge in [0, 0.05) is 24.5 Å². The lowest BCUT2D eigenvalue weighted by molar-refractivity contribution is -0.138. The van der Waals surface area contributed by atoms with Crippen LogP contribution in [0.5, 0.6) is 0 Å². The number of hydrogen-bond acceptors (Lipinski definition) is 5. The molecule has 184 valence electrons. The van der Waals surface area contributed by atoms with E-state index in [0.29, 0.717) is 25.1 Å². The Balaban J connectivity index is 1.41. The molecule has 2 aromatic heterocycles. The third-order valence-corrected chi connectivity index (χ3v) is 7.11. The molecule has 3 atom stereocenters. The number of nitrogens with zero attached hydrogens (tertiary/aromatic N) is 4. The maximum atomic E-state index is 14.0. The molecular formula is C29H30N4O3. The molecule has 0 aliphatic carbocycles. The first-order valence-electron chi connectivity index (χ1n) is 12.5. The second-order valence-corrected chi connectivity index (χ2v) is 9.97. The topological polar surface area (TPSA) is 83.5 Å². The molecule has 36 heavy (non-hydrogen) atoms.